The minimum atomic E-state index is -0.0328. The Hall–Kier alpha value is -0.880. The fourth-order valence-electron chi connectivity index (χ4n) is 2.90. The molecule has 1 N–H and O–H groups in total. The molecule has 21 heavy (non-hydrogen) atoms. The van der Waals surface area contributed by atoms with E-state index in [1.54, 1.807) is 0 Å². The zero-order chi connectivity index (χ0) is 14.8. The minimum absolute atomic E-state index is 0.0328. The van der Waals surface area contributed by atoms with E-state index in [4.69, 9.17) is 16.6 Å². The summed E-state index contributed by atoms with van der Waals surface area (Å²) in [4.78, 5) is 19.8. The van der Waals surface area contributed by atoms with Crippen molar-refractivity contribution in [3.05, 3.63) is 60.3 Å². The van der Waals surface area contributed by atoms with Crippen LogP contribution in [0.1, 0.15) is 48.7 Å². The van der Waals surface area contributed by atoms with E-state index in [0.29, 0.717) is 23.2 Å². The quantitative estimate of drug-likeness (QED) is 0.762. The molecule has 1 aromatic carbocycles. The van der Waals surface area contributed by atoms with Gasteiger partial charge in [0, 0.05) is 17.4 Å². The average molecular weight is 415 g/mol. The van der Waals surface area contributed by atoms with Gasteiger partial charge in [-0.15, -0.1) is 0 Å². The fraction of sp³-hybridized carbons (Fsp3) is 0.375. The standard InChI is InChI=1S/C16H16ClIN2O/c17-12-8-4-3-7-11(12)9-13-19-15(10-5-1-2-6-10)14(18)16(21)20-13/h3-4,7-8,10H,1-2,5-6,9H2,(H,19,20,21). The van der Waals surface area contributed by atoms with Gasteiger partial charge >= 0.3 is 0 Å². The zero-order valence-corrected chi connectivity index (χ0v) is 14.4. The van der Waals surface area contributed by atoms with Crippen molar-refractivity contribution >= 4 is 34.2 Å². The Morgan fingerprint density at radius 1 is 1.29 bits per heavy atom. The highest BCUT2D eigenvalue weighted by molar-refractivity contribution is 14.1. The second-order valence-electron chi connectivity index (χ2n) is 5.46. The summed E-state index contributed by atoms with van der Waals surface area (Å²) >= 11 is 8.31. The second kappa shape index (κ2) is 6.48. The first-order valence-corrected chi connectivity index (χ1v) is 8.63. The van der Waals surface area contributed by atoms with Gasteiger partial charge < -0.3 is 4.98 Å². The van der Waals surface area contributed by atoms with Crippen LogP contribution in [0.15, 0.2) is 29.1 Å². The number of halogens is 2. The number of rotatable bonds is 3. The number of H-pyrrole nitrogens is 1. The van der Waals surface area contributed by atoms with Crippen LogP contribution in [0.5, 0.6) is 0 Å². The van der Waals surface area contributed by atoms with Gasteiger partial charge in [-0.1, -0.05) is 42.6 Å². The fourth-order valence-corrected chi connectivity index (χ4v) is 3.80. The molecule has 1 aromatic heterocycles. The first-order chi connectivity index (χ1) is 10.1. The Morgan fingerprint density at radius 3 is 2.71 bits per heavy atom. The van der Waals surface area contributed by atoms with Crippen molar-refractivity contribution in [2.45, 2.75) is 38.0 Å². The molecule has 1 aliphatic carbocycles. The Balaban J connectivity index is 1.96. The van der Waals surface area contributed by atoms with Crippen molar-refractivity contribution in [1.82, 2.24) is 9.97 Å². The maximum Gasteiger partial charge on any atom is 0.264 e. The average Bonchev–Trinajstić information content (AvgIpc) is 2.99. The number of nitrogens with zero attached hydrogens (tertiary/aromatic N) is 1. The molecule has 0 unspecified atom stereocenters. The van der Waals surface area contributed by atoms with E-state index in [9.17, 15) is 4.79 Å². The molecule has 0 amide bonds. The van der Waals surface area contributed by atoms with Crippen LogP contribution < -0.4 is 5.56 Å². The molecule has 1 fully saturated rings. The number of benzene rings is 1. The van der Waals surface area contributed by atoms with Gasteiger partial charge in [-0.2, -0.15) is 0 Å². The molecule has 0 spiro atoms. The third-order valence-electron chi connectivity index (χ3n) is 4.00. The highest BCUT2D eigenvalue weighted by Gasteiger charge is 2.23. The summed E-state index contributed by atoms with van der Waals surface area (Å²) in [5.74, 6) is 1.14. The molecule has 1 heterocycles. The van der Waals surface area contributed by atoms with Crippen LogP contribution in [0.4, 0.5) is 0 Å². The molecule has 0 saturated heterocycles. The topological polar surface area (TPSA) is 45.8 Å². The largest absolute Gasteiger partial charge is 0.309 e. The Bertz CT molecular complexity index is 708. The number of hydrogen-bond donors (Lipinski definition) is 1. The van der Waals surface area contributed by atoms with Gasteiger partial charge in [0.1, 0.15) is 5.82 Å². The predicted molar refractivity (Wildman–Crippen MR) is 93.0 cm³/mol. The van der Waals surface area contributed by atoms with Crippen LogP contribution in [-0.2, 0) is 6.42 Å². The van der Waals surface area contributed by atoms with E-state index in [-0.39, 0.29) is 5.56 Å². The summed E-state index contributed by atoms with van der Waals surface area (Å²) < 4.78 is 0.738. The molecular weight excluding hydrogens is 399 g/mol. The molecule has 1 saturated carbocycles. The summed E-state index contributed by atoms with van der Waals surface area (Å²) in [6.07, 6.45) is 5.30. The van der Waals surface area contributed by atoms with E-state index < -0.39 is 0 Å². The Labute approximate surface area is 142 Å². The smallest absolute Gasteiger partial charge is 0.264 e. The van der Waals surface area contributed by atoms with Crippen LogP contribution in [0.25, 0.3) is 0 Å². The van der Waals surface area contributed by atoms with Crippen molar-refractivity contribution in [2.24, 2.45) is 0 Å². The maximum atomic E-state index is 12.2. The summed E-state index contributed by atoms with van der Waals surface area (Å²) in [6, 6.07) is 7.68. The first kappa shape index (κ1) is 15.0. The molecule has 5 heteroatoms. The van der Waals surface area contributed by atoms with Crippen LogP contribution >= 0.6 is 34.2 Å². The highest BCUT2D eigenvalue weighted by Crippen LogP contribution is 2.34. The molecule has 0 aliphatic heterocycles. The molecule has 1 aliphatic rings. The van der Waals surface area contributed by atoms with Gasteiger partial charge in [0.15, 0.2) is 0 Å². The van der Waals surface area contributed by atoms with Crippen molar-refractivity contribution in [3.8, 4) is 0 Å². The van der Waals surface area contributed by atoms with Gasteiger partial charge in [0.2, 0.25) is 0 Å². The van der Waals surface area contributed by atoms with Gasteiger partial charge in [-0.25, -0.2) is 4.98 Å². The van der Waals surface area contributed by atoms with Crippen LogP contribution in [0.2, 0.25) is 5.02 Å². The lowest BCUT2D eigenvalue weighted by Gasteiger charge is -2.12. The summed E-state index contributed by atoms with van der Waals surface area (Å²) in [6.45, 7) is 0. The van der Waals surface area contributed by atoms with Crippen molar-refractivity contribution < 1.29 is 0 Å². The molecular formula is C16H16ClIN2O. The van der Waals surface area contributed by atoms with E-state index in [0.717, 1.165) is 27.7 Å². The molecule has 0 atom stereocenters. The van der Waals surface area contributed by atoms with Crippen LogP contribution in [-0.4, -0.2) is 9.97 Å². The summed E-state index contributed by atoms with van der Waals surface area (Å²) in [5, 5.41) is 0.709. The molecule has 2 aromatic rings. The molecule has 3 rings (SSSR count). The number of aromatic amines is 1. The highest BCUT2D eigenvalue weighted by atomic mass is 127. The van der Waals surface area contributed by atoms with E-state index in [1.807, 2.05) is 24.3 Å². The Kier molecular flexibility index (Phi) is 4.64. The second-order valence-corrected chi connectivity index (χ2v) is 6.95. The number of aromatic nitrogens is 2. The third kappa shape index (κ3) is 3.31. The lowest BCUT2D eigenvalue weighted by molar-refractivity contribution is 0.677. The minimum Gasteiger partial charge on any atom is -0.309 e. The normalized spacial score (nSPS) is 15.5. The lowest BCUT2D eigenvalue weighted by atomic mass is 10.0. The van der Waals surface area contributed by atoms with Crippen LogP contribution in [0.3, 0.4) is 0 Å². The van der Waals surface area contributed by atoms with E-state index >= 15 is 0 Å². The maximum absolute atomic E-state index is 12.2. The monoisotopic (exact) mass is 414 g/mol. The Morgan fingerprint density at radius 2 is 2.00 bits per heavy atom. The van der Waals surface area contributed by atoms with E-state index in [1.165, 1.54) is 12.8 Å². The summed E-state index contributed by atoms with van der Waals surface area (Å²) in [5.41, 5.74) is 1.93. The number of nitrogens with one attached hydrogen (secondary N) is 1. The van der Waals surface area contributed by atoms with Gasteiger partial charge in [0.05, 0.1) is 9.26 Å². The van der Waals surface area contributed by atoms with Crippen molar-refractivity contribution in [1.29, 1.82) is 0 Å². The predicted octanol–water partition coefficient (Wildman–Crippen LogP) is 4.28. The third-order valence-corrected chi connectivity index (χ3v) is 5.41. The van der Waals surface area contributed by atoms with Crippen molar-refractivity contribution in [2.75, 3.05) is 0 Å². The van der Waals surface area contributed by atoms with Crippen LogP contribution in [0, 0.1) is 3.57 Å². The molecule has 110 valence electrons. The van der Waals surface area contributed by atoms with Gasteiger partial charge in [-0.3, -0.25) is 4.79 Å². The number of hydrogen-bond acceptors (Lipinski definition) is 2. The van der Waals surface area contributed by atoms with Crippen molar-refractivity contribution in [3.63, 3.8) is 0 Å². The lowest BCUT2D eigenvalue weighted by Crippen LogP contribution is -2.19. The molecule has 0 bridgehead atoms. The summed E-state index contributed by atoms with van der Waals surface area (Å²) in [7, 11) is 0. The molecule has 3 nitrogen and oxygen atoms in total. The molecule has 0 radical (unpaired) electrons. The van der Waals surface area contributed by atoms with Gasteiger partial charge in [0.25, 0.3) is 5.56 Å². The zero-order valence-electron chi connectivity index (χ0n) is 11.5. The van der Waals surface area contributed by atoms with Gasteiger partial charge in [-0.05, 0) is 47.1 Å². The first-order valence-electron chi connectivity index (χ1n) is 7.17. The van der Waals surface area contributed by atoms with E-state index in [2.05, 4.69) is 27.6 Å². The SMILES string of the molecule is O=c1[nH]c(Cc2ccccc2Cl)nc(C2CCCC2)c1I.